The zero-order valence-electron chi connectivity index (χ0n) is 16.4. The summed E-state index contributed by atoms with van der Waals surface area (Å²) in [6, 6.07) is 14.3. The van der Waals surface area contributed by atoms with Crippen LogP contribution in [0.2, 0.25) is 0 Å². The number of carbonyl (C=O) groups is 1. The fourth-order valence-electron chi connectivity index (χ4n) is 4.36. The van der Waals surface area contributed by atoms with Gasteiger partial charge < -0.3 is 9.80 Å². The Bertz CT molecular complexity index is 1010. The quantitative estimate of drug-likeness (QED) is 0.645. The SMILES string of the molecule is Cc1nnc2ccc(N3CC4CN(C(=O)CSCc5ccccc5)CC4C3)nn12. The monoisotopic (exact) mass is 408 g/mol. The van der Waals surface area contributed by atoms with E-state index < -0.39 is 0 Å². The Morgan fingerprint density at radius 3 is 2.55 bits per heavy atom. The first kappa shape index (κ1) is 18.4. The van der Waals surface area contributed by atoms with Gasteiger partial charge in [0, 0.05) is 43.8 Å². The van der Waals surface area contributed by atoms with E-state index in [0.29, 0.717) is 17.6 Å². The molecular weight excluding hydrogens is 384 g/mol. The number of nitrogens with zero attached hydrogens (tertiary/aromatic N) is 6. The number of likely N-dealkylation sites (tertiary alicyclic amines) is 1. The van der Waals surface area contributed by atoms with Crippen LogP contribution in [0.4, 0.5) is 5.82 Å². The Morgan fingerprint density at radius 2 is 1.79 bits per heavy atom. The van der Waals surface area contributed by atoms with E-state index in [-0.39, 0.29) is 5.91 Å². The number of thioether (sulfide) groups is 1. The van der Waals surface area contributed by atoms with Crippen molar-refractivity contribution in [3.63, 3.8) is 0 Å². The molecule has 2 atom stereocenters. The Morgan fingerprint density at radius 1 is 1.03 bits per heavy atom. The first-order chi connectivity index (χ1) is 14.2. The van der Waals surface area contributed by atoms with E-state index in [4.69, 9.17) is 5.10 Å². The molecule has 0 aliphatic carbocycles. The minimum absolute atomic E-state index is 0.270. The number of hydrogen-bond donors (Lipinski definition) is 0. The smallest absolute Gasteiger partial charge is 0.232 e. The van der Waals surface area contributed by atoms with Crippen molar-refractivity contribution in [1.82, 2.24) is 24.7 Å². The molecule has 2 fully saturated rings. The van der Waals surface area contributed by atoms with E-state index in [2.05, 4.69) is 32.1 Å². The summed E-state index contributed by atoms with van der Waals surface area (Å²) in [5.74, 6) is 4.53. The van der Waals surface area contributed by atoms with Gasteiger partial charge in [-0.25, -0.2) is 0 Å². The summed E-state index contributed by atoms with van der Waals surface area (Å²) in [6.45, 7) is 5.53. The minimum atomic E-state index is 0.270. The molecule has 7 nitrogen and oxygen atoms in total. The molecule has 0 N–H and O–H groups in total. The van der Waals surface area contributed by atoms with Gasteiger partial charge in [0.2, 0.25) is 5.91 Å². The highest BCUT2D eigenvalue weighted by molar-refractivity contribution is 7.99. The van der Waals surface area contributed by atoms with Gasteiger partial charge >= 0.3 is 0 Å². The van der Waals surface area contributed by atoms with Crippen LogP contribution in [-0.4, -0.2) is 62.6 Å². The molecule has 1 aromatic carbocycles. The molecule has 8 heteroatoms. The fourth-order valence-corrected chi connectivity index (χ4v) is 5.25. The molecule has 0 spiro atoms. The standard InChI is InChI=1S/C21H24N6OS/c1-15-22-23-19-7-8-20(24-27(15)19)25-9-17-11-26(12-18(17)10-25)21(28)14-29-13-16-5-3-2-4-6-16/h2-8,17-18H,9-14H2,1H3. The summed E-state index contributed by atoms with van der Waals surface area (Å²) >= 11 is 1.70. The number of fused-ring (bicyclic) bond motifs is 2. The van der Waals surface area contributed by atoms with E-state index in [0.717, 1.165) is 49.2 Å². The average Bonchev–Trinajstić information content (AvgIpc) is 3.42. The maximum atomic E-state index is 12.6. The molecule has 150 valence electrons. The molecular formula is C21H24N6OS. The molecule has 0 bridgehead atoms. The lowest BCUT2D eigenvalue weighted by molar-refractivity contribution is -0.127. The first-order valence-corrected chi connectivity index (χ1v) is 11.2. The lowest BCUT2D eigenvalue weighted by Crippen LogP contribution is -2.34. The van der Waals surface area contributed by atoms with Gasteiger partial charge in [0.1, 0.15) is 5.82 Å². The van der Waals surface area contributed by atoms with Crippen LogP contribution in [0.1, 0.15) is 11.4 Å². The molecule has 2 aliphatic heterocycles. The topological polar surface area (TPSA) is 66.6 Å². The Labute approximate surface area is 174 Å². The maximum Gasteiger partial charge on any atom is 0.232 e. The molecule has 2 saturated heterocycles. The third kappa shape index (κ3) is 3.69. The molecule has 2 unspecified atom stereocenters. The van der Waals surface area contributed by atoms with Crippen molar-refractivity contribution in [2.24, 2.45) is 11.8 Å². The molecule has 2 aliphatic rings. The number of benzene rings is 1. The van der Waals surface area contributed by atoms with Gasteiger partial charge in [-0.3, -0.25) is 4.79 Å². The molecule has 0 radical (unpaired) electrons. The highest BCUT2D eigenvalue weighted by atomic mass is 32.2. The highest BCUT2D eigenvalue weighted by Crippen LogP contribution is 2.33. The summed E-state index contributed by atoms with van der Waals surface area (Å²) in [6.07, 6.45) is 0. The van der Waals surface area contributed by atoms with E-state index in [1.165, 1.54) is 5.56 Å². The fraction of sp³-hybridized carbons (Fsp3) is 0.429. The lowest BCUT2D eigenvalue weighted by atomic mass is 10.0. The van der Waals surface area contributed by atoms with E-state index in [1.54, 1.807) is 16.3 Å². The molecule has 2 aromatic heterocycles. The summed E-state index contributed by atoms with van der Waals surface area (Å²) in [7, 11) is 0. The van der Waals surface area contributed by atoms with Gasteiger partial charge in [0.05, 0.1) is 5.75 Å². The second kappa shape index (κ2) is 7.67. The molecule has 5 rings (SSSR count). The Kier molecular flexibility index (Phi) is 4.87. The third-order valence-corrected chi connectivity index (χ3v) is 6.89. The molecule has 29 heavy (non-hydrogen) atoms. The van der Waals surface area contributed by atoms with Crippen LogP contribution >= 0.6 is 11.8 Å². The molecule has 0 saturated carbocycles. The van der Waals surface area contributed by atoms with Crippen molar-refractivity contribution in [3.05, 3.63) is 53.9 Å². The van der Waals surface area contributed by atoms with Crippen LogP contribution in [0.5, 0.6) is 0 Å². The van der Waals surface area contributed by atoms with Gasteiger partial charge in [-0.2, -0.15) is 4.52 Å². The zero-order valence-corrected chi connectivity index (χ0v) is 17.3. The largest absolute Gasteiger partial charge is 0.354 e. The lowest BCUT2D eigenvalue weighted by Gasteiger charge is -2.22. The van der Waals surface area contributed by atoms with E-state index in [9.17, 15) is 4.79 Å². The number of anilines is 1. The van der Waals surface area contributed by atoms with Crippen molar-refractivity contribution >= 4 is 29.1 Å². The number of amides is 1. The van der Waals surface area contributed by atoms with Crippen molar-refractivity contribution < 1.29 is 4.79 Å². The molecule has 4 heterocycles. The van der Waals surface area contributed by atoms with Crippen LogP contribution in [-0.2, 0) is 10.5 Å². The van der Waals surface area contributed by atoms with Gasteiger partial charge in [0.15, 0.2) is 11.5 Å². The third-order valence-electron chi connectivity index (χ3n) is 5.90. The maximum absolute atomic E-state index is 12.6. The second-order valence-corrected chi connectivity index (χ2v) is 8.90. The minimum Gasteiger partial charge on any atom is -0.354 e. The van der Waals surface area contributed by atoms with Crippen molar-refractivity contribution in [2.45, 2.75) is 12.7 Å². The van der Waals surface area contributed by atoms with Crippen LogP contribution in [0.15, 0.2) is 42.5 Å². The summed E-state index contributed by atoms with van der Waals surface area (Å²) in [5.41, 5.74) is 2.04. The Hall–Kier alpha value is -2.61. The van der Waals surface area contributed by atoms with E-state index >= 15 is 0 Å². The van der Waals surface area contributed by atoms with Crippen LogP contribution < -0.4 is 4.90 Å². The van der Waals surface area contributed by atoms with Crippen LogP contribution in [0, 0.1) is 18.8 Å². The summed E-state index contributed by atoms with van der Waals surface area (Å²) < 4.78 is 1.79. The normalized spacial score (nSPS) is 21.1. The van der Waals surface area contributed by atoms with E-state index in [1.807, 2.05) is 37.3 Å². The van der Waals surface area contributed by atoms with Gasteiger partial charge in [-0.15, -0.1) is 27.1 Å². The summed E-state index contributed by atoms with van der Waals surface area (Å²) in [5, 5.41) is 12.9. The zero-order chi connectivity index (χ0) is 19.8. The Balaban J connectivity index is 1.15. The summed E-state index contributed by atoms with van der Waals surface area (Å²) in [4.78, 5) is 17.0. The number of aromatic nitrogens is 4. The van der Waals surface area contributed by atoms with Crippen molar-refractivity contribution in [3.8, 4) is 0 Å². The van der Waals surface area contributed by atoms with Gasteiger partial charge in [0.25, 0.3) is 0 Å². The van der Waals surface area contributed by atoms with Gasteiger partial charge in [-0.1, -0.05) is 30.3 Å². The highest BCUT2D eigenvalue weighted by Gasteiger charge is 2.41. The molecule has 3 aromatic rings. The van der Waals surface area contributed by atoms with Crippen molar-refractivity contribution in [2.75, 3.05) is 36.8 Å². The average molecular weight is 409 g/mol. The first-order valence-electron chi connectivity index (χ1n) is 10.0. The van der Waals surface area contributed by atoms with Crippen LogP contribution in [0.3, 0.4) is 0 Å². The van der Waals surface area contributed by atoms with Crippen LogP contribution in [0.25, 0.3) is 5.65 Å². The molecule has 1 amide bonds. The second-order valence-electron chi connectivity index (χ2n) is 7.91. The number of hydrogen-bond acceptors (Lipinski definition) is 6. The predicted octanol–water partition coefficient (Wildman–Crippen LogP) is 2.26. The number of carbonyl (C=O) groups excluding carboxylic acids is 1. The predicted molar refractivity (Wildman–Crippen MR) is 114 cm³/mol. The van der Waals surface area contributed by atoms with Gasteiger partial charge in [-0.05, 0) is 24.6 Å². The number of aryl methyl sites for hydroxylation is 1. The van der Waals surface area contributed by atoms with Crippen molar-refractivity contribution in [1.29, 1.82) is 0 Å². The number of rotatable bonds is 5.